The van der Waals surface area contributed by atoms with Gasteiger partial charge in [-0.1, -0.05) is 87.1 Å². The van der Waals surface area contributed by atoms with Gasteiger partial charge in [0.05, 0.1) is 0 Å². The standard InChI is InChI=1S/C39H64/c1-32(2)18-11-20-34(5)22-13-24-36(7)26-15-28-38(9)30-17-31-39(10)29-16-27-37(8)25-14-23-35(6)21-12-19-33(3)4/h19-20,23-24,27-28,31H,1,11-18,21-22,25-26,29-30H2,2-10H3/b34-20+,35-23+,36-24+,37-27-,38-28+,39-31+. The van der Waals surface area contributed by atoms with E-state index in [0.29, 0.717) is 0 Å². The van der Waals surface area contributed by atoms with E-state index in [1.807, 2.05) is 0 Å². The molecule has 0 aromatic rings. The van der Waals surface area contributed by atoms with Crippen molar-refractivity contribution >= 4 is 0 Å². The zero-order valence-corrected chi connectivity index (χ0v) is 27.6. The molecule has 0 radical (unpaired) electrons. The first-order chi connectivity index (χ1) is 18.5. The second kappa shape index (κ2) is 23.8. The molecule has 0 unspecified atom stereocenters. The summed E-state index contributed by atoms with van der Waals surface area (Å²) < 4.78 is 0. The van der Waals surface area contributed by atoms with Crippen LogP contribution in [0.1, 0.15) is 152 Å². The van der Waals surface area contributed by atoms with Gasteiger partial charge >= 0.3 is 0 Å². The molecule has 0 bridgehead atoms. The van der Waals surface area contributed by atoms with Crippen LogP contribution in [0.2, 0.25) is 0 Å². The van der Waals surface area contributed by atoms with Gasteiger partial charge in [-0.25, -0.2) is 0 Å². The number of hydrogen-bond donors (Lipinski definition) is 0. The zero-order valence-electron chi connectivity index (χ0n) is 27.6. The van der Waals surface area contributed by atoms with Crippen LogP contribution in [-0.4, -0.2) is 0 Å². The molecule has 0 aliphatic carbocycles. The van der Waals surface area contributed by atoms with Gasteiger partial charge < -0.3 is 0 Å². The van der Waals surface area contributed by atoms with Gasteiger partial charge in [-0.2, -0.15) is 0 Å². The SMILES string of the molecule is C=C(C)CC/C=C(\C)CC/C=C(\C)CC/C=C(\C)CC/C=C(\C)CC/C=C(/C)CC/C=C(\C)CCC=C(C)C. The Bertz CT molecular complexity index is 900. The van der Waals surface area contributed by atoms with Crippen molar-refractivity contribution in [3.63, 3.8) is 0 Å². The Morgan fingerprint density at radius 2 is 0.538 bits per heavy atom. The second-order valence-electron chi connectivity index (χ2n) is 12.3. The highest BCUT2D eigenvalue weighted by molar-refractivity contribution is 5.09. The Labute approximate surface area is 245 Å². The highest BCUT2D eigenvalue weighted by Gasteiger charge is 1.96. The highest BCUT2D eigenvalue weighted by atomic mass is 14.0. The molecule has 0 aromatic carbocycles. The Hall–Kier alpha value is -2.08. The molecular weight excluding hydrogens is 468 g/mol. The first-order valence-corrected chi connectivity index (χ1v) is 15.7. The van der Waals surface area contributed by atoms with E-state index in [2.05, 4.69) is 111 Å². The Balaban J connectivity index is 4.16. The van der Waals surface area contributed by atoms with Gasteiger partial charge in [-0.05, 0) is 152 Å². The molecular formula is C39H64. The minimum absolute atomic E-state index is 1.11. The molecule has 0 saturated heterocycles. The van der Waals surface area contributed by atoms with E-state index >= 15 is 0 Å². The lowest BCUT2D eigenvalue weighted by Crippen LogP contribution is -1.84. The Morgan fingerprint density at radius 1 is 0.333 bits per heavy atom. The number of allylic oxidation sites excluding steroid dienone is 15. The predicted molar refractivity (Wildman–Crippen MR) is 181 cm³/mol. The Kier molecular flexibility index (Phi) is 22.5. The van der Waals surface area contributed by atoms with Crippen LogP contribution >= 0.6 is 0 Å². The van der Waals surface area contributed by atoms with Crippen LogP contribution in [0.15, 0.2) is 93.7 Å². The van der Waals surface area contributed by atoms with Gasteiger partial charge in [0.1, 0.15) is 0 Å². The normalized spacial score (nSPS) is 14.2. The van der Waals surface area contributed by atoms with Crippen molar-refractivity contribution in [2.75, 3.05) is 0 Å². The van der Waals surface area contributed by atoms with Crippen molar-refractivity contribution in [2.45, 2.75) is 152 Å². The average molecular weight is 533 g/mol. The molecule has 0 spiro atoms. The zero-order chi connectivity index (χ0) is 29.5. The summed E-state index contributed by atoms with van der Waals surface area (Å²) in [5, 5.41) is 0. The van der Waals surface area contributed by atoms with Crippen molar-refractivity contribution in [3.8, 4) is 0 Å². The van der Waals surface area contributed by atoms with Crippen molar-refractivity contribution in [2.24, 2.45) is 0 Å². The molecule has 0 aliphatic heterocycles. The lowest BCUT2D eigenvalue weighted by Gasteiger charge is -2.04. The van der Waals surface area contributed by atoms with Crippen molar-refractivity contribution in [3.05, 3.63) is 93.7 Å². The second-order valence-corrected chi connectivity index (χ2v) is 12.3. The number of rotatable bonds is 21. The van der Waals surface area contributed by atoms with E-state index in [1.165, 1.54) is 115 Å². The molecule has 0 N–H and O–H groups in total. The molecule has 0 saturated carbocycles. The maximum absolute atomic E-state index is 3.99. The fourth-order valence-corrected chi connectivity index (χ4v) is 4.50. The summed E-state index contributed by atoms with van der Waals surface area (Å²) in [4.78, 5) is 0. The maximum atomic E-state index is 3.99. The van der Waals surface area contributed by atoms with Crippen molar-refractivity contribution < 1.29 is 0 Å². The van der Waals surface area contributed by atoms with E-state index in [0.717, 1.165) is 19.3 Å². The largest absolute Gasteiger partial charge is 0.100 e. The average Bonchev–Trinajstić information content (AvgIpc) is 2.83. The minimum atomic E-state index is 1.11. The van der Waals surface area contributed by atoms with Gasteiger partial charge in [0.2, 0.25) is 0 Å². The Morgan fingerprint density at radius 3 is 0.744 bits per heavy atom. The monoisotopic (exact) mass is 533 g/mol. The van der Waals surface area contributed by atoms with E-state index in [4.69, 9.17) is 0 Å². The van der Waals surface area contributed by atoms with Crippen LogP contribution in [0, 0.1) is 0 Å². The molecule has 0 amide bonds. The third-order valence-corrected chi connectivity index (χ3v) is 7.31. The molecule has 0 heteroatoms. The molecule has 0 aromatic heterocycles. The van der Waals surface area contributed by atoms with E-state index in [-0.39, 0.29) is 0 Å². The van der Waals surface area contributed by atoms with E-state index in [1.54, 1.807) is 0 Å². The molecule has 0 fully saturated rings. The smallest absolute Gasteiger partial charge is 0.0288 e. The molecule has 39 heavy (non-hydrogen) atoms. The van der Waals surface area contributed by atoms with Gasteiger partial charge in [0, 0.05) is 0 Å². The summed E-state index contributed by atoms with van der Waals surface area (Å²) in [7, 11) is 0. The molecule has 0 nitrogen and oxygen atoms in total. The third-order valence-electron chi connectivity index (χ3n) is 7.31. The summed E-state index contributed by atoms with van der Waals surface area (Å²) in [6.45, 7) is 24.2. The lowest BCUT2D eigenvalue weighted by molar-refractivity contribution is 0.882. The highest BCUT2D eigenvalue weighted by Crippen LogP contribution is 2.16. The van der Waals surface area contributed by atoms with Gasteiger partial charge in [-0.3, -0.25) is 0 Å². The molecule has 0 atom stereocenters. The first kappa shape index (κ1) is 36.9. The van der Waals surface area contributed by atoms with Crippen LogP contribution in [0.3, 0.4) is 0 Å². The van der Waals surface area contributed by atoms with Crippen LogP contribution in [0.5, 0.6) is 0 Å². The summed E-state index contributed by atoms with van der Waals surface area (Å²) in [6.07, 6.45) is 33.3. The lowest BCUT2D eigenvalue weighted by atomic mass is 10.0. The van der Waals surface area contributed by atoms with Crippen LogP contribution < -0.4 is 0 Å². The van der Waals surface area contributed by atoms with Crippen LogP contribution in [0.25, 0.3) is 0 Å². The topological polar surface area (TPSA) is 0 Å². The first-order valence-electron chi connectivity index (χ1n) is 15.7. The molecule has 0 rings (SSSR count). The summed E-state index contributed by atoms with van der Waals surface area (Å²) in [5.74, 6) is 0. The quantitative estimate of drug-likeness (QED) is 0.129. The van der Waals surface area contributed by atoms with Gasteiger partial charge in [0.25, 0.3) is 0 Å². The fourth-order valence-electron chi connectivity index (χ4n) is 4.50. The van der Waals surface area contributed by atoms with Gasteiger partial charge in [-0.15, -0.1) is 6.58 Å². The molecule has 0 aliphatic rings. The summed E-state index contributed by atoms with van der Waals surface area (Å²) >= 11 is 0. The molecule has 0 heterocycles. The van der Waals surface area contributed by atoms with E-state index in [9.17, 15) is 0 Å². The van der Waals surface area contributed by atoms with Gasteiger partial charge in [0.15, 0.2) is 0 Å². The van der Waals surface area contributed by atoms with Crippen LogP contribution in [0.4, 0.5) is 0 Å². The number of hydrogen-bond acceptors (Lipinski definition) is 0. The van der Waals surface area contributed by atoms with Crippen LogP contribution in [-0.2, 0) is 0 Å². The van der Waals surface area contributed by atoms with E-state index < -0.39 is 0 Å². The predicted octanol–water partition coefficient (Wildman–Crippen LogP) is 13.7. The van der Waals surface area contributed by atoms with Crippen molar-refractivity contribution in [1.29, 1.82) is 0 Å². The minimum Gasteiger partial charge on any atom is -0.100 e. The fraction of sp³-hybridized carbons (Fsp3) is 0.590. The summed E-state index contributed by atoms with van der Waals surface area (Å²) in [6, 6.07) is 0. The van der Waals surface area contributed by atoms with Crippen molar-refractivity contribution in [1.82, 2.24) is 0 Å². The summed E-state index contributed by atoms with van der Waals surface area (Å²) in [5.41, 5.74) is 11.9. The molecule has 220 valence electrons. The third kappa shape index (κ3) is 25.9. The maximum Gasteiger partial charge on any atom is -0.0288 e.